The van der Waals surface area contributed by atoms with Gasteiger partial charge in [0.05, 0.1) is 16.3 Å². The van der Waals surface area contributed by atoms with Crippen molar-refractivity contribution in [2.24, 2.45) is 0 Å². The van der Waals surface area contributed by atoms with Gasteiger partial charge in [-0.2, -0.15) is 0 Å². The fraction of sp³-hybridized carbons (Fsp3) is 0.286. The third-order valence-corrected chi connectivity index (χ3v) is 5.99. The Hall–Kier alpha value is -1.64. The van der Waals surface area contributed by atoms with Crippen molar-refractivity contribution in [2.45, 2.75) is 24.8 Å². The third-order valence-electron chi connectivity index (χ3n) is 3.01. The number of halogens is 1. The Morgan fingerprint density at radius 1 is 1.43 bits per heavy atom. The molecule has 0 aliphatic carbocycles. The average Bonchev–Trinajstić information content (AvgIpc) is 2.97. The van der Waals surface area contributed by atoms with Crippen molar-refractivity contribution in [1.82, 2.24) is 4.98 Å². The lowest BCUT2D eigenvalue weighted by atomic mass is 10.2. The van der Waals surface area contributed by atoms with E-state index in [1.54, 1.807) is 0 Å². The van der Waals surface area contributed by atoms with Crippen LogP contribution in [-0.2, 0) is 9.84 Å². The SMILES string of the molecule is CCCCS(=O)(=O)c1csc(NC(=O)c2cccc(O)c2Cl)n1. The van der Waals surface area contributed by atoms with E-state index in [2.05, 4.69) is 10.3 Å². The van der Waals surface area contributed by atoms with Crippen LogP contribution in [0.5, 0.6) is 5.75 Å². The van der Waals surface area contributed by atoms with Gasteiger partial charge in [-0.15, -0.1) is 11.3 Å². The standard InChI is InChI=1S/C14H15ClN2O4S2/c1-2-3-7-23(20,21)11-8-22-14(16-11)17-13(19)9-5-4-6-10(18)12(9)15/h4-6,8,18H,2-3,7H2,1H3,(H,16,17,19). The first-order chi connectivity index (χ1) is 10.8. The molecule has 2 rings (SSSR count). The van der Waals surface area contributed by atoms with Crippen LogP contribution in [0.2, 0.25) is 5.02 Å². The molecule has 1 heterocycles. The number of unbranched alkanes of at least 4 members (excludes halogenated alkanes) is 1. The molecule has 0 radical (unpaired) electrons. The number of hydrogen-bond acceptors (Lipinski definition) is 6. The Morgan fingerprint density at radius 3 is 2.87 bits per heavy atom. The number of rotatable bonds is 6. The summed E-state index contributed by atoms with van der Waals surface area (Å²) in [4.78, 5) is 16.1. The van der Waals surface area contributed by atoms with Crippen LogP contribution in [0.3, 0.4) is 0 Å². The number of sulfone groups is 1. The highest BCUT2D eigenvalue weighted by molar-refractivity contribution is 7.91. The van der Waals surface area contributed by atoms with Gasteiger partial charge in [0.2, 0.25) is 0 Å². The van der Waals surface area contributed by atoms with Gasteiger partial charge in [-0.25, -0.2) is 13.4 Å². The molecule has 6 nitrogen and oxygen atoms in total. The predicted octanol–water partition coefficient (Wildman–Crippen LogP) is 3.33. The molecule has 0 bridgehead atoms. The molecule has 2 N–H and O–H groups in total. The van der Waals surface area contributed by atoms with E-state index in [0.29, 0.717) is 6.42 Å². The maximum absolute atomic E-state index is 12.1. The topological polar surface area (TPSA) is 96.4 Å². The predicted molar refractivity (Wildman–Crippen MR) is 90.1 cm³/mol. The summed E-state index contributed by atoms with van der Waals surface area (Å²) in [5.74, 6) is -0.752. The highest BCUT2D eigenvalue weighted by Crippen LogP contribution is 2.28. The van der Waals surface area contributed by atoms with Crippen molar-refractivity contribution in [2.75, 3.05) is 11.1 Å². The summed E-state index contributed by atoms with van der Waals surface area (Å²) in [5, 5.41) is 13.4. The Bertz CT molecular complexity index is 818. The van der Waals surface area contributed by atoms with Crippen LogP contribution in [-0.4, -0.2) is 30.2 Å². The molecule has 0 atom stereocenters. The van der Waals surface area contributed by atoms with E-state index in [1.807, 2.05) is 6.92 Å². The van der Waals surface area contributed by atoms with Crippen LogP contribution in [0.25, 0.3) is 0 Å². The molecule has 0 fully saturated rings. The monoisotopic (exact) mass is 374 g/mol. The van der Waals surface area contributed by atoms with E-state index in [4.69, 9.17) is 11.6 Å². The summed E-state index contributed by atoms with van der Waals surface area (Å²) in [5.41, 5.74) is 0.0808. The number of aromatic nitrogens is 1. The van der Waals surface area contributed by atoms with E-state index in [0.717, 1.165) is 17.8 Å². The van der Waals surface area contributed by atoms with E-state index in [9.17, 15) is 18.3 Å². The molecular weight excluding hydrogens is 360 g/mol. The van der Waals surface area contributed by atoms with Crippen LogP contribution in [0.1, 0.15) is 30.1 Å². The van der Waals surface area contributed by atoms with Gasteiger partial charge in [-0.3, -0.25) is 10.1 Å². The van der Waals surface area contributed by atoms with Gasteiger partial charge < -0.3 is 5.11 Å². The lowest BCUT2D eigenvalue weighted by molar-refractivity contribution is 0.102. The second-order valence-electron chi connectivity index (χ2n) is 4.76. The maximum Gasteiger partial charge on any atom is 0.259 e. The van der Waals surface area contributed by atoms with Crippen LogP contribution < -0.4 is 5.32 Å². The number of anilines is 1. The molecule has 2 aromatic rings. The second kappa shape index (κ2) is 7.29. The smallest absolute Gasteiger partial charge is 0.259 e. The van der Waals surface area contributed by atoms with Gasteiger partial charge in [0.1, 0.15) is 5.75 Å². The molecule has 9 heteroatoms. The van der Waals surface area contributed by atoms with E-state index in [1.165, 1.54) is 23.6 Å². The molecule has 0 spiro atoms. The van der Waals surface area contributed by atoms with E-state index in [-0.39, 0.29) is 32.2 Å². The highest BCUT2D eigenvalue weighted by Gasteiger charge is 2.20. The maximum atomic E-state index is 12.1. The summed E-state index contributed by atoms with van der Waals surface area (Å²) in [6.45, 7) is 1.90. The number of nitrogens with one attached hydrogen (secondary N) is 1. The van der Waals surface area contributed by atoms with Crippen LogP contribution in [0, 0.1) is 0 Å². The number of aromatic hydroxyl groups is 1. The molecular formula is C14H15ClN2O4S2. The fourth-order valence-electron chi connectivity index (χ4n) is 1.76. The van der Waals surface area contributed by atoms with Gasteiger partial charge in [0.15, 0.2) is 20.0 Å². The second-order valence-corrected chi connectivity index (χ2v) is 8.05. The number of hydrogen-bond donors (Lipinski definition) is 2. The number of thiazole rings is 1. The minimum absolute atomic E-state index is 0.0268. The summed E-state index contributed by atoms with van der Waals surface area (Å²) in [6.07, 6.45) is 1.32. The molecule has 0 unspecified atom stereocenters. The first kappa shape index (κ1) is 17.7. The summed E-state index contributed by atoms with van der Waals surface area (Å²) in [6, 6.07) is 4.30. The van der Waals surface area contributed by atoms with Gasteiger partial charge in [0, 0.05) is 5.38 Å². The van der Waals surface area contributed by atoms with Gasteiger partial charge in [-0.05, 0) is 18.6 Å². The molecule has 0 saturated heterocycles. The molecule has 1 amide bonds. The number of nitrogens with zero attached hydrogens (tertiary/aromatic N) is 1. The third kappa shape index (κ3) is 4.21. The summed E-state index contributed by atoms with van der Waals surface area (Å²) >= 11 is 6.88. The van der Waals surface area contributed by atoms with E-state index >= 15 is 0 Å². The van der Waals surface area contributed by atoms with Crippen molar-refractivity contribution in [1.29, 1.82) is 0 Å². The Morgan fingerprint density at radius 2 is 2.17 bits per heavy atom. The zero-order valence-electron chi connectivity index (χ0n) is 12.2. The lowest BCUT2D eigenvalue weighted by Gasteiger charge is -2.05. The summed E-state index contributed by atoms with van der Waals surface area (Å²) in [7, 11) is -3.43. The van der Waals surface area contributed by atoms with Crippen molar-refractivity contribution >= 4 is 43.8 Å². The molecule has 23 heavy (non-hydrogen) atoms. The quantitative estimate of drug-likeness (QED) is 0.808. The van der Waals surface area contributed by atoms with Gasteiger partial charge in [0.25, 0.3) is 5.91 Å². The number of benzene rings is 1. The molecule has 1 aromatic carbocycles. The highest BCUT2D eigenvalue weighted by atomic mass is 35.5. The Balaban J connectivity index is 2.16. The Kier molecular flexibility index (Phi) is 5.61. The number of amides is 1. The van der Waals surface area contributed by atoms with Crippen LogP contribution in [0.4, 0.5) is 5.13 Å². The van der Waals surface area contributed by atoms with Gasteiger partial charge in [-0.1, -0.05) is 31.0 Å². The fourth-order valence-corrected chi connectivity index (χ4v) is 4.43. The average molecular weight is 375 g/mol. The van der Waals surface area contributed by atoms with Crippen molar-refractivity contribution in [3.63, 3.8) is 0 Å². The molecule has 0 aliphatic rings. The van der Waals surface area contributed by atoms with Gasteiger partial charge >= 0.3 is 0 Å². The molecule has 1 aromatic heterocycles. The molecule has 0 saturated carbocycles. The number of phenols is 1. The van der Waals surface area contributed by atoms with Crippen LogP contribution >= 0.6 is 22.9 Å². The number of carbonyl (C=O) groups is 1. The minimum atomic E-state index is -3.43. The zero-order chi connectivity index (χ0) is 17.0. The normalized spacial score (nSPS) is 11.4. The van der Waals surface area contributed by atoms with Crippen LogP contribution in [0.15, 0.2) is 28.6 Å². The number of phenolic OH excluding ortho intramolecular Hbond substituents is 1. The van der Waals surface area contributed by atoms with Crippen molar-refractivity contribution in [3.8, 4) is 5.75 Å². The first-order valence-electron chi connectivity index (χ1n) is 6.82. The number of carbonyl (C=O) groups excluding carboxylic acids is 1. The minimum Gasteiger partial charge on any atom is -0.506 e. The van der Waals surface area contributed by atoms with E-state index < -0.39 is 15.7 Å². The zero-order valence-corrected chi connectivity index (χ0v) is 14.6. The Labute approximate surface area is 143 Å². The van der Waals surface area contributed by atoms with Crippen molar-refractivity contribution < 1.29 is 18.3 Å². The van der Waals surface area contributed by atoms with Crippen molar-refractivity contribution in [3.05, 3.63) is 34.2 Å². The molecule has 124 valence electrons. The summed E-state index contributed by atoms with van der Waals surface area (Å²) < 4.78 is 24.1. The largest absolute Gasteiger partial charge is 0.506 e. The first-order valence-corrected chi connectivity index (χ1v) is 9.73. The lowest BCUT2D eigenvalue weighted by Crippen LogP contribution is -2.13. The molecule has 0 aliphatic heterocycles.